The number of morpholine rings is 1. The van der Waals surface area contributed by atoms with Crippen LogP contribution < -0.4 is 10.6 Å². The van der Waals surface area contributed by atoms with E-state index in [-0.39, 0.29) is 36.4 Å². The Kier molecular flexibility index (Phi) is 14.6. The molecule has 2 rings (SSSR count). The number of amides is 1. The molecule has 0 radical (unpaired) electrons. The Hall–Kier alpha value is -0.650. The zero-order valence-corrected chi connectivity index (χ0v) is 21.4. The molecular formula is C21H42IN5O3. The molecule has 1 saturated carbocycles. The molecule has 1 aliphatic heterocycles. The Balaban J connectivity index is 0.00000450. The van der Waals surface area contributed by atoms with Gasteiger partial charge in [0.1, 0.15) is 6.54 Å². The van der Waals surface area contributed by atoms with E-state index >= 15 is 0 Å². The second kappa shape index (κ2) is 16.0. The van der Waals surface area contributed by atoms with Crippen molar-refractivity contribution in [3.8, 4) is 0 Å². The molecule has 0 aromatic rings. The number of aliphatic imine (C=N–C) groups is 1. The number of nitrogens with one attached hydrogen (secondary N) is 2. The van der Waals surface area contributed by atoms with Crippen molar-refractivity contribution in [3.63, 3.8) is 0 Å². The summed E-state index contributed by atoms with van der Waals surface area (Å²) in [6, 6.07) is 0. The van der Waals surface area contributed by atoms with Crippen LogP contribution in [0.4, 0.5) is 0 Å². The molecule has 0 spiro atoms. The van der Waals surface area contributed by atoms with Gasteiger partial charge >= 0.3 is 0 Å². The maximum atomic E-state index is 11.9. The van der Waals surface area contributed by atoms with E-state index in [9.17, 15) is 4.79 Å². The molecule has 1 heterocycles. The number of halogens is 1. The molecule has 1 unspecified atom stereocenters. The number of hydrogen-bond acceptors (Lipinski definition) is 5. The number of ether oxygens (including phenoxy) is 2. The van der Waals surface area contributed by atoms with Crippen LogP contribution in [0, 0.1) is 5.92 Å². The van der Waals surface area contributed by atoms with Gasteiger partial charge in [-0.2, -0.15) is 0 Å². The third kappa shape index (κ3) is 10.6. The minimum atomic E-state index is -0.00238. The molecule has 30 heavy (non-hydrogen) atoms. The third-order valence-corrected chi connectivity index (χ3v) is 5.72. The predicted molar refractivity (Wildman–Crippen MR) is 132 cm³/mol. The lowest BCUT2D eigenvalue weighted by molar-refractivity contribution is -0.127. The van der Waals surface area contributed by atoms with Gasteiger partial charge in [-0.1, -0.05) is 12.8 Å². The first-order valence-electron chi connectivity index (χ1n) is 11.2. The van der Waals surface area contributed by atoms with E-state index in [0.29, 0.717) is 18.0 Å². The van der Waals surface area contributed by atoms with Crippen LogP contribution in [0.2, 0.25) is 0 Å². The molecule has 176 valence electrons. The van der Waals surface area contributed by atoms with Crippen LogP contribution in [0.15, 0.2) is 4.99 Å². The lowest BCUT2D eigenvalue weighted by atomic mass is 9.98. The van der Waals surface area contributed by atoms with Gasteiger partial charge in [0.15, 0.2) is 5.96 Å². The normalized spacial score (nSPS) is 19.2. The van der Waals surface area contributed by atoms with Crippen LogP contribution in [-0.2, 0) is 14.3 Å². The number of likely N-dealkylation sites (N-methyl/N-ethyl adjacent to an activating group) is 1. The Morgan fingerprint density at radius 1 is 1.20 bits per heavy atom. The van der Waals surface area contributed by atoms with E-state index in [2.05, 4.69) is 27.4 Å². The molecular weight excluding hydrogens is 497 g/mol. The van der Waals surface area contributed by atoms with Crippen LogP contribution in [0.3, 0.4) is 0 Å². The van der Waals surface area contributed by atoms with Gasteiger partial charge in [-0.05, 0) is 32.1 Å². The summed E-state index contributed by atoms with van der Waals surface area (Å²) < 4.78 is 11.4. The zero-order valence-electron chi connectivity index (χ0n) is 19.0. The summed E-state index contributed by atoms with van der Waals surface area (Å²) in [6.07, 6.45) is 6.48. The first kappa shape index (κ1) is 27.4. The summed E-state index contributed by atoms with van der Waals surface area (Å²) in [7, 11) is 3.51. The number of nitrogens with zero attached hydrogens (tertiary/aromatic N) is 3. The fraction of sp³-hybridized carbons (Fsp3) is 0.905. The number of rotatable bonds is 11. The van der Waals surface area contributed by atoms with E-state index in [4.69, 9.17) is 9.47 Å². The minimum absolute atomic E-state index is 0. The molecule has 0 aromatic heterocycles. The maximum absolute atomic E-state index is 11.9. The van der Waals surface area contributed by atoms with Crippen molar-refractivity contribution in [3.05, 3.63) is 0 Å². The highest BCUT2D eigenvalue weighted by Crippen LogP contribution is 2.30. The van der Waals surface area contributed by atoms with Crippen LogP contribution >= 0.6 is 24.0 Å². The Morgan fingerprint density at radius 3 is 2.50 bits per heavy atom. The van der Waals surface area contributed by atoms with Gasteiger partial charge in [0.05, 0.1) is 19.3 Å². The van der Waals surface area contributed by atoms with Crippen molar-refractivity contribution in [2.45, 2.75) is 45.1 Å². The fourth-order valence-corrected chi connectivity index (χ4v) is 3.95. The largest absolute Gasteiger partial charge is 0.379 e. The van der Waals surface area contributed by atoms with Crippen molar-refractivity contribution in [2.75, 3.05) is 73.2 Å². The highest BCUT2D eigenvalue weighted by atomic mass is 127. The SMILES string of the molecule is CCOC(CCNC(=NCC(=O)N(C)C)NCCN1CCOCC1)C1CCCC1.I. The van der Waals surface area contributed by atoms with Gasteiger partial charge in [0.2, 0.25) is 5.91 Å². The van der Waals surface area contributed by atoms with Crippen molar-refractivity contribution < 1.29 is 14.3 Å². The van der Waals surface area contributed by atoms with Crippen LogP contribution in [-0.4, -0.2) is 101 Å². The number of carbonyl (C=O) groups excluding carboxylic acids is 1. The number of hydrogen-bond donors (Lipinski definition) is 2. The van der Waals surface area contributed by atoms with Crippen molar-refractivity contribution >= 4 is 35.8 Å². The summed E-state index contributed by atoms with van der Waals surface area (Å²) in [6.45, 7) is 9.05. The maximum Gasteiger partial charge on any atom is 0.243 e. The second-order valence-corrected chi connectivity index (χ2v) is 8.09. The Morgan fingerprint density at radius 2 is 1.87 bits per heavy atom. The minimum Gasteiger partial charge on any atom is -0.379 e. The van der Waals surface area contributed by atoms with E-state index in [1.165, 1.54) is 25.7 Å². The first-order valence-corrected chi connectivity index (χ1v) is 11.2. The summed E-state index contributed by atoms with van der Waals surface area (Å²) >= 11 is 0. The Labute approximate surface area is 199 Å². The molecule has 0 bridgehead atoms. The number of carbonyl (C=O) groups is 1. The van der Waals surface area contributed by atoms with Crippen LogP contribution in [0.25, 0.3) is 0 Å². The van der Waals surface area contributed by atoms with Crippen LogP contribution in [0.5, 0.6) is 0 Å². The van der Waals surface area contributed by atoms with Gasteiger partial charge in [0.25, 0.3) is 0 Å². The molecule has 1 saturated heterocycles. The van der Waals surface area contributed by atoms with Gasteiger partial charge < -0.3 is 25.0 Å². The monoisotopic (exact) mass is 539 g/mol. The van der Waals surface area contributed by atoms with E-state index in [1.54, 1.807) is 19.0 Å². The molecule has 8 nitrogen and oxygen atoms in total. The molecule has 2 aliphatic rings. The van der Waals surface area contributed by atoms with Gasteiger partial charge in [-0.3, -0.25) is 9.69 Å². The lowest BCUT2D eigenvalue weighted by Crippen LogP contribution is -2.45. The predicted octanol–water partition coefficient (Wildman–Crippen LogP) is 1.55. The van der Waals surface area contributed by atoms with Crippen molar-refractivity contribution in [1.29, 1.82) is 0 Å². The highest BCUT2D eigenvalue weighted by molar-refractivity contribution is 14.0. The summed E-state index contributed by atoms with van der Waals surface area (Å²) in [5.74, 6) is 1.38. The fourth-order valence-electron chi connectivity index (χ4n) is 3.95. The molecule has 1 aliphatic carbocycles. The molecule has 9 heteroatoms. The van der Waals surface area contributed by atoms with E-state index < -0.39 is 0 Å². The third-order valence-electron chi connectivity index (χ3n) is 5.72. The quantitative estimate of drug-likeness (QED) is 0.236. The topological polar surface area (TPSA) is 78.4 Å². The molecule has 2 fully saturated rings. The molecule has 0 aromatic carbocycles. The van der Waals surface area contributed by atoms with Crippen LogP contribution in [0.1, 0.15) is 39.0 Å². The average Bonchev–Trinajstić information content (AvgIpc) is 3.26. The molecule has 2 N–H and O–H groups in total. The summed E-state index contributed by atoms with van der Waals surface area (Å²) in [5.41, 5.74) is 0. The van der Waals surface area contributed by atoms with Gasteiger partial charge in [-0.25, -0.2) is 4.99 Å². The smallest absolute Gasteiger partial charge is 0.243 e. The average molecular weight is 540 g/mol. The van der Waals surface area contributed by atoms with Crippen molar-refractivity contribution in [1.82, 2.24) is 20.4 Å². The lowest BCUT2D eigenvalue weighted by Gasteiger charge is -2.27. The molecule has 1 amide bonds. The number of guanidine groups is 1. The summed E-state index contributed by atoms with van der Waals surface area (Å²) in [4.78, 5) is 20.4. The van der Waals surface area contributed by atoms with Gasteiger partial charge in [0, 0.05) is 53.4 Å². The standard InChI is InChI=1S/C21H41N5O3.HI/c1-4-29-19(18-7-5-6-8-18)9-10-22-21(24-17-20(27)25(2)3)23-11-12-26-13-15-28-16-14-26;/h18-19H,4-17H2,1-3H3,(H2,22,23,24);1H. The molecule has 1 atom stereocenters. The summed E-state index contributed by atoms with van der Waals surface area (Å²) in [5, 5.41) is 6.79. The first-order chi connectivity index (χ1) is 14.1. The van der Waals surface area contributed by atoms with Crippen molar-refractivity contribution in [2.24, 2.45) is 10.9 Å². The zero-order chi connectivity index (χ0) is 20.9. The van der Waals surface area contributed by atoms with E-state index in [0.717, 1.165) is 59.0 Å². The second-order valence-electron chi connectivity index (χ2n) is 8.09. The Bertz CT molecular complexity index is 495. The van der Waals surface area contributed by atoms with E-state index in [1.807, 2.05) is 0 Å². The highest BCUT2D eigenvalue weighted by Gasteiger charge is 2.25. The van der Waals surface area contributed by atoms with Gasteiger partial charge in [-0.15, -0.1) is 24.0 Å².